The normalized spacial score (nSPS) is 14.9. The zero-order valence-corrected chi connectivity index (χ0v) is 14.8. The molecule has 1 atom stereocenters. The van der Waals surface area contributed by atoms with Gasteiger partial charge in [0.1, 0.15) is 0 Å². The van der Waals surface area contributed by atoms with Crippen LogP contribution in [-0.2, 0) is 0 Å². The van der Waals surface area contributed by atoms with Crippen LogP contribution in [0.5, 0.6) is 0 Å². The molecule has 0 aromatic heterocycles. The second-order valence-corrected chi connectivity index (χ2v) is 6.95. The number of halogens is 1. The molecule has 4 nitrogen and oxygen atoms in total. The van der Waals surface area contributed by atoms with Crippen LogP contribution in [0.15, 0.2) is 53.0 Å². The maximum atomic E-state index is 12.8. The molecule has 2 aromatic rings. The predicted molar refractivity (Wildman–Crippen MR) is 97.0 cm³/mol. The molecule has 1 aliphatic carbocycles. The summed E-state index contributed by atoms with van der Waals surface area (Å²) in [7, 11) is 0. The van der Waals surface area contributed by atoms with E-state index in [4.69, 9.17) is 5.73 Å². The van der Waals surface area contributed by atoms with Crippen molar-refractivity contribution in [1.82, 2.24) is 5.32 Å². The summed E-state index contributed by atoms with van der Waals surface area (Å²) in [5.74, 6) is 0.0654. The Kier molecular flexibility index (Phi) is 5.11. The fraction of sp³-hybridized carbons (Fsp3) is 0.263. The van der Waals surface area contributed by atoms with Gasteiger partial charge in [0.25, 0.3) is 5.91 Å². The first-order valence-corrected chi connectivity index (χ1v) is 8.79. The van der Waals surface area contributed by atoms with Gasteiger partial charge in [-0.15, -0.1) is 0 Å². The minimum Gasteiger partial charge on any atom is -0.348 e. The Bertz CT molecular complexity index is 754. The van der Waals surface area contributed by atoms with Gasteiger partial charge in [-0.25, -0.2) is 0 Å². The van der Waals surface area contributed by atoms with E-state index in [1.165, 1.54) is 0 Å². The molecule has 0 heterocycles. The molecule has 124 valence electrons. The van der Waals surface area contributed by atoms with Crippen LogP contribution in [0.4, 0.5) is 0 Å². The number of benzene rings is 2. The van der Waals surface area contributed by atoms with E-state index in [1.807, 2.05) is 12.1 Å². The summed E-state index contributed by atoms with van der Waals surface area (Å²) in [6.07, 6.45) is 2.20. The van der Waals surface area contributed by atoms with Gasteiger partial charge in [-0.2, -0.15) is 0 Å². The zero-order valence-electron chi connectivity index (χ0n) is 13.2. The van der Waals surface area contributed by atoms with Crippen LogP contribution in [0.3, 0.4) is 0 Å². The number of ketones is 1. The second-order valence-electron chi connectivity index (χ2n) is 6.03. The number of hydrogen-bond acceptors (Lipinski definition) is 3. The van der Waals surface area contributed by atoms with Crippen LogP contribution >= 0.6 is 15.9 Å². The lowest BCUT2D eigenvalue weighted by Gasteiger charge is -2.17. The molecule has 1 aliphatic rings. The highest BCUT2D eigenvalue weighted by Crippen LogP contribution is 2.32. The maximum Gasteiger partial charge on any atom is 0.252 e. The van der Waals surface area contributed by atoms with Crippen molar-refractivity contribution < 1.29 is 9.59 Å². The fourth-order valence-electron chi connectivity index (χ4n) is 2.75. The minimum absolute atomic E-state index is 0.0201. The Hall–Kier alpha value is -1.98. The molecule has 1 fully saturated rings. The van der Waals surface area contributed by atoms with Crippen LogP contribution in [0.2, 0.25) is 0 Å². The molecule has 3 rings (SSSR count). The summed E-state index contributed by atoms with van der Waals surface area (Å²) in [5.41, 5.74) is 7.11. The number of rotatable bonds is 6. The van der Waals surface area contributed by atoms with Gasteiger partial charge in [-0.05, 0) is 49.1 Å². The summed E-state index contributed by atoms with van der Waals surface area (Å²) in [4.78, 5) is 25.4. The van der Waals surface area contributed by atoms with Crippen LogP contribution < -0.4 is 11.1 Å². The molecule has 1 amide bonds. The highest BCUT2D eigenvalue weighted by Gasteiger charge is 2.32. The standard InChI is InChI=1S/C19H19BrN2O2/c20-14-9-7-13(8-10-14)18(23)15-3-1-2-4-16(15)19(24)22-17(11-21)12-5-6-12/h1-4,7-10,12,17H,5-6,11,21H2,(H,22,24). The number of carbonyl (C=O) groups excluding carboxylic acids is 2. The quantitative estimate of drug-likeness (QED) is 0.748. The van der Waals surface area contributed by atoms with E-state index in [0.717, 1.165) is 17.3 Å². The summed E-state index contributed by atoms with van der Waals surface area (Å²) in [6.45, 7) is 0.416. The molecule has 0 radical (unpaired) electrons. The molecular formula is C19H19BrN2O2. The Morgan fingerprint density at radius 1 is 1.08 bits per heavy atom. The first-order chi connectivity index (χ1) is 11.6. The lowest BCUT2D eigenvalue weighted by molar-refractivity contribution is 0.0923. The molecule has 24 heavy (non-hydrogen) atoms. The van der Waals surface area contributed by atoms with Crippen LogP contribution in [-0.4, -0.2) is 24.3 Å². The first-order valence-electron chi connectivity index (χ1n) is 8.00. The number of amides is 1. The third kappa shape index (κ3) is 3.74. The van der Waals surface area contributed by atoms with Crippen LogP contribution in [0.25, 0.3) is 0 Å². The Morgan fingerprint density at radius 3 is 2.29 bits per heavy atom. The third-order valence-corrected chi connectivity index (χ3v) is 4.81. The minimum atomic E-state index is -0.238. The van der Waals surface area contributed by atoms with E-state index >= 15 is 0 Å². The third-order valence-electron chi connectivity index (χ3n) is 4.28. The molecular weight excluding hydrogens is 368 g/mol. The van der Waals surface area contributed by atoms with Crippen LogP contribution in [0, 0.1) is 5.92 Å². The Morgan fingerprint density at radius 2 is 1.71 bits per heavy atom. The average Bonchev–Trinajstić information content (AvgIpc) is 3.44. The molecule has 3 N–H and O–H groups in total. The van der Waals surface area contributed by atoms with Gasteiger partial charge in [0.2, 0.25) is 0 Å². The summed E-state index contributed by atoms with van der Waals surface area (Å²) in [6, 6.07) is 14.0. The van der Waals surface area contributed by atoms with Crippen molar-refractivity contribution in [3.05, 3.63) is 69.7 Å². The van der Waals surface area contributed by atoms with E-state index in [0.29, 0.717) is 29.2 Å². The molecule has 2 aromatic carbocycles. The average molecular weight is 387 g/mol. The number of nitrogens with two attached hydrogens (primary N) is 1. The monoisotopic (exact) mass is 386 g/mol. The molecule has 0 aliphatic heterocycles. The van der Waals surface area contributed by atoms with Crippen molar-refractivity contribution in [2.75, 3.05) is 6.54 Å². The lowest BCUT2D eigenvalue weighted by Crippen LogP contribution is -2.42. The van der Waals surface area contributed by atoms with Crippen molar-refractivity contribution in [3.8, 4) is 0 Å². The summed E-state index contributed by atoms with van der Waals surface area (Å²) < 4.78 is 0.903. The van der Waals surface area contributed by atoms with Gasteiger partial charge in [-0.3, -0.25) is 9.59 Å². The maximum absolute atomic E-state index is 12.8. The largest absolute Gasteiger partial charge is 0.348 e. The van der Waals surface area contributed by atoms with Gasteiger partial charge in [-0.1, -0.05) is 34.1 Å². The lowest BCUT2D eigenvalue weighted by atomic mass is 9.97. The Balaban J connectivity index is 1.85. The van der Waals surface area contributed by atoms with E-state index in [9.17, 15) is 9.59 Å². The Labute approximate surface area is 149 Å². The predicted octanol–water partition coefficient (Wildman–Crippen LogP) is 3.15. The van der Waals surface area contributed by atoms with Crippen molar-refractivity contribution in [2.24, 2.45) is 11.7 Å². The molecule has 0 saturated heterocycles. The van der Waals surface area contributed by atoms with E-state index in [1.54, 1.807) is 36.4 Å². The smallest absolute Gasteiger partial charge is 0.252 e. The van der Waals surface area contributed by atoms with Crippen molar-refractivity contribution in [2.45, 2.75) is 18.9 Å². The molecule has 1 saturated carbocycles. The molecule has 5 heteroatoms. The van der Waals surface area contributed by atoms with E-state index < -0.39 is 0 Å². The van der Waals surface area contributed by atoms with Crippen LogP contribution in [0.1, 0.15) is 39.1 Å². The van der Waals surface area contributed by atoms with E-state index in [2.05, 4.69) is 21.2 Å². The van der Waals surface area contributed by atoms with Crippen molar-refractivity contribution in [3.63, 3.8) is 0 Å². The summed E-state index contributed by atoms with van der Waals surface area (Å²) in [5, 5.41) is 2.98. The van der Waals surface area contributed by atoms with Gasteiger partial charge in [0, 0.05) is 28.2 Å². The molecule has 1 unspecified atom stereocenters. The van der Waals surface area contributed by atoms with Gasteiger partial charge in [0.05, 0.1) is 5.56 Å². The van der Waals surface area contributed by atoms with Gasteiger partial charge in [0.15, 0.2) is 5.78 Å². The zero-order chi connectivity index (χ0) is 17.1. The number of nitrogens with one attached hydrogen (secondary N) is 1. The van der Waals surface area contributed by atoms with Gasteiger partial charge >= 0.3 is 0 Å². The van der Waals surface area contributed by atoms with Gasteiger partial charge < -0.3 is 11.1 Å². The molecule has 0 spiro atoms. The van der Waals surface area contributed by atoms with E-state index in [-0.39, 0.29) is 17.7 Å². The highest BCUT2D eigenvalue weighted by molar-refractivity contribution is 9.10. The van der Waals surface area contributed by atoms with Crippen molar-refractivity contribution in [1.29, 1.82) is 0 Å². The SMILES string of the molecule is NCC(NC(=O)c1ccccc1C(=O)c1ccc(Br)cc1)C1CC1. The molecule has 0 bridgehead atoms. The highest BCUT2D eigenvalue weighted by atomic mass is 79.9. The number of hydrogen-bond donors (Lipinski definition) is 2. The number of carbonyl (C=O) groups is 2. The fourth-order valence-corrected chi connectivity index (χ4v) is 3.01. The van der Waals surface area contributed by atoms with Crippen molar-refractivity contribution >= 4 is 27.6 Å². The second kappa shape index (κ2) is 7.28. The first kappa shape index (κ1) is 16.9. The summed E-state index contributed by atoms with van der Waals surface area (Å²) >= 11 is 3.36. The topological polar surface area (TPSA) is 72.2 Å².